The fourth-order valence-electron chi connectivity index (χ4n) is 2.13. The van der Waals surface area contributed by atoms with Crippen molar-refractivity contribution in [2.24, 2.45) is 5.92 Å². The Hall–Kier alpha value is 0.210. The van der Waals surface area contributed by atoms with Gasteiger partial charge in [-0.3, -0.25) is 0 Å². The maximum Gasteiger partial charge on any atom is 0.0235 e. The monoisotopic (exact) mass is 218 g/mol. The molecule has 0 aromatic rings. The molecule has 0 aliphatic carbocycles. The van der Waals surface area contributed by atoms with Crippen LogP contribution in [0.1, 0.15) is 25.7 Å². The average molecular weight is 219 g/mol. The molecule has 0 aromatic heterocycles. The Morgan fingerprint density at radius 3 is 3.00 bits per heavy atom. The van der Waals surface area contributed by atoms with Gasteiger partial charge in [0.15, 0.2) is 0 Å². The van der Waals surface area contributed by atoms with Gasteiger partial charge in [0.2, 0.25) is 0 Å². The third kappa shape index (κ3) is 5.18. The van der Waals surface area contributed by atoms with E-state index < -0.39 is 0 Å². The molecule has 0 saturated carbocycles. The lowest BCUT2D eigenvalue weighted by atomic mass is 9.95. The summed E-state index contributed by atoms with van der Waals surface area (Å²) in [6.07, 6.45) is 5.21. The van der Waals surface area contributed by atoms with Crippen LogP contribution in [-0.4, -0.2) is 44.0 Å². The maximum absolute atomic E-state index is 5.60. The quantitative estimate of drug-likeness (QED) is 0.542. The summed E-state index contributed by atoms with van der Waals surface area (Å²) >= 11 is 5.60. The van der Waals surface area contributed by atoms with Crippen LogP contribution in [0.2, 0.25) is 0 Å². The van der Waals surface area contributed by atoms with Crippen molar-refractivity contribution in [3.05, 3.63) is 0 Å². The number of piperidine rings is 1. The van der Waals surface area contributed by atoms with Crippen molar-refractivity contribution < 1.29 is 0 Å². The molecule has 3 heteroatoms. The zero-order valence-electron chi connectivity index (χ0n) is 9.27. The van der Waals surface area contributed by atoms with Crippen LogP contribution < -0.4 is 5.32 Å². The molecule has 1 aliphatic rings. The zero-order valence-corrected chi connectivity index (χ0v) is 10.0. The summed E-state index contributed by atoms with van der Waals surface area (Å²) in [6.45, 7) is 4.81. The number of hydrogen-bond donors (Lipinski definition) is 1. The van der Waals surface area contributed by atoms with Gasteiger partial charge in [0.25, 0.3) is 0 Å². The maximum atomic E-state index is 5.60. The van der Waals surface area contributed by atoms with Crippen LogP contribution in [0.5, 0.6) is 0 Å². The lowest BCUT2D eigenvalue weighted by Gasteiger charge is -2.29. The summed E-state index contributed by atoms with van der Waals surface area (Å²) in [6, 6.07) is 0. The van der Waals surface area contributed by atoms with Crippen LogP contribution in [-0.2, 0) is 0 Å². The fourth-order valence-corrected chi connectivity index (χ4v) is 2.27. The minimum atomic E-state index is 0.777. The molecule has 84 valence electrons. The second kappa shape index (κ2) is 7.49. The predicted octanol–water partition coefficient (Wildman–Crippen LogP) is 1.94. The topological polar surface area (TPSA) is 15.3 Å². The molecule has 0 spiro atoms. The molecule has 2 nitrogen and oxygen atoms in total. The van der Waals surface area contributed by atoms with Crippen molar-refractivity contribution in [2.75, 3.05) is 39.1 Å². The Kier molecular flexibility index (Phi) is 6.57. The Morgan fingerprint density at radius 2 is 2.29 bits per heavy atom. The number of halogens is 1. The molecule has 14 heavy (non-hydrogen) atoms. The SMILES string of the molecule is CN1CCCC(CCNCCCCl)C1. The molecular formula is C11H23ClN2. The summed E-state index contributed by atoms with van der Waals surface area (Å²) in [5.41, 5.74) is 0. The smallest absolute Gasteiger partial charge is 0.0235 e. The highest BCUT2D eigenvalue weighted by molar-refractivity contribution is 6.17. The normalized spacial score (nSPS) is 24.0. The van der Waals surface area contributed by atoms with Gasteiger partial charge >= 0.3 is 0 Å². The van der Waals surface area contributed by atoms with Crippen LogP contribution >= 0.6 is 11.6 Å². The van der Waals surface area contributed by atoms with E-state index in [1.54, 1.807) is 0 Å². The second-order valence-corrected chi connectivity index (χ2v) is 4.73. The summed E-state index contributed by atoms with van der Waals surface area (Å²) < 4.78 is 0. The van der Waals surface area contributed by atoms with Crippen LogP contribution in [0.25, 0.3) is 0 Å². The van der Waals surface area contributed by atoms with Gasteiger partial charge in [-0.05, 0) is 58.3 Å². The van der Waals surface area contributed by atoms with E-state index >= 15 is 0 Å². The Labute approximate surface area is 93.0 Å². The van der Waals surface area contributed by atoms with Gasteiger partial charge in [0.1, 0.15) is 0 Å². The van der Waals surface area contributed by atoms with Crippen molar-refractivity contribution in [2.45, 2.75) is 25.7 Å². The lowest BCUT2D eigenvalue weighted by molar-refractivity contribution is 0.201. The number of nitrogens with one attached hydrogen (secondary N) is 1. The first-order valence-corrected chi connectivity index (χ1v) is 6.31. The fraction of sp³-hybridized carbons (Fsp3) is 1.00. The number of hydrogen-bond acceptors (Lipinski definition) is 2. The molecule has 1 saturated heterocycles. The highest BCUT2D eigenvalue weighted by atomic mass is 35.5. The molecule has 1 atom stereocenters. The van der Waals surface area contributed by atoms with Crippen molar-refractivity contribution in [1.29, 1.82) is 0 Å². The van der Waals surface area contributed by atoms with E-state index in [4.69, 9.17) is 11.6 Å². The Morgan fingerprint density at radius 1 is 1.43 bits per heavy atom. The van der Waals surface area contributed by atoms with E-state index in [0.29, 0.717) is 0 Å². The molecule has 1 unspecified atom stereocenters. The third-order valence-electron chi connectivity index (χ3n) is 2.94. The molecule has 0 radical (unpaired) electrons. The molecule has 0 bridgehead atoms. The third-order valence-corrected chi connectivity index (χ3v) is 3.21. The summed E-state index contributed by atoms with van der Waals surface area (Å²) in [4.78, 5) is 2.45. The van der Waals surface area contributed by atoms with Gasteiger partial charge in [-0.2, -0.15) is 0 Å². The van der Waals surface area contributed by atoms with Crippen LogP contribution in [0, 0.1) is 5.92 Å². The van der Waals surface area contributed by atoms with Crippen LogP contribution in [0.3, 0.4) is 0 Å². The van der Waals surface area contributed by atoms with Gasteiger partial charge in [0.05, 0.1) is 0 Å². The minimum absolute atomic E-state index is 0.777. The first kappa shape index (κ1) is 12.3. The van der Waals surface area contributed by atoms with E-state index in [9.17, 15) is 0 Å². The first-order valence-electron chi connectivity index (χ1n) is 5.78. The summed E-state index contributed by atoms with van der Waals surface area (Å²) in [5, 5.41) is 3.45. The van der Waals surface area contributed by atoms with Crippen molar-refractivity contribution in [1.82, 2.24) is 10.2 Å². The molecule has 0 aromatic carbocycles. The zero-order chi connectivity index (χ0) is 10.2. The highest BCUT2D eigenvalue weighted by Crippen LogP contribution is 2.17. The number of alkyl halides is 1. The van der Waals surface area contributed by atoms with Gasteiger partial charge < -0.3 is 10.2 Å². The van der Waals surface area contributed by atoms with Gasteiger partial charge in [0, 0.05) is 12.4 Å². The Bertz CT molecular complexity index is 141. The van der Waals surface area contributed by atoms with Gasteiger partial charge in [-0.1, -0.05) is 0 Å². The molecule has 1 N–H and O–H groups in total. The Balaban J connectivity index is 1.95. The summed E-state index contributed by atoms with van der Waals surface area (Å²) in [7, 11) is 2.23. The highest BCUT2D eigenvalue weighted by Gasteiger charge is 2.15. The molecule has 1 rings (SSSR count). The molecule has 1 heterocycles. The van der Waals surface area contributed by atoms with Crippen molar-refractivity contribution in [3.63, 3.8) is 0 Å². The van der Waals surface area contributed by atoms with E-state index in [0.717, 1.165) is 31.3 Å². The molecule has 1 aliphatic heterocycles. The minimum Gasteiger partial charge on any atom is -0.317 e. The number of rotatable bonds is 6. The lowest BCUT2D eigenvalue weighted by Crippen LogP contribution is -2.33. The number of nitrogens with zero attached hydrogens (tertiary/aromatic N) is 1. The van der Waals surface area contributed by atoms with E-state index in [-0.39, 0.29) is 0 Å². The predicted molar refractivity (Wildman–Crippen MR) is 63.0 cm³/mol. The largest absolute Gasteiger partial charge is 0.317 e. The van der Waals surface area contributed by atoms with Crippen LogP contribution in [0.15, 0.2) is 0 Å². The van der Waals surface area contributed by atoms with Crippen LogP contribution in [0.4, 0.5) is 0 Å². The molecular weight excluding hydrogens is 196 g/mol. The second-order valence-electron chi connectivity index (χ2n) is 4.35. The van der Waals surface area contributed by atoms with E-state index in [2.05, 4.69) is 17.3 Å². The summed E-state index contributed by atoms with van der Waals surface area (Å²) in [5.74, 6) is 1.69. The van der Waals surface area contributed by atoms with Gasteiger partial charge in [-0.15, -0.1) is 11.6 Å². The van der Waals surface area contributed by atoms with Crippen molar-refractivity contribution >= 4 is 11.6 Å². The van der Waals surface area contributed by atoms with Gasteiger partial charge in [-0.25, -0.2) is 0 Å². The standard InChI is InChI=1S/C11H23ClN2/c1-14-9-2-4-11(10-14)5-8-13-7-3-6-12/h11,13H,2-10H2,1H3. The first-order chi connectivity index (χ1) is 6.83. The van der Waals surface area contributed by atoms with E-state index in [1.165, 1.54) is 32.4 Å². The average Bonchev–Trinajstić information content (AvgIpc) is 2.18. The molecule has 1 fully saturated rings. The van der Waals surface area contributed by atoms with E-state index in [1.807, 2.05) is 0 Å². The van der Waals surface area contributed by atoms with Crippen molar-refractivity contribution in [3.8, 4) is 0 Å². The molecule has 0 amide bonds. The number of likely N-dealkylation sites (tertiary alicyclic amines) is 1.